The molecule has 15 heavy (non-hydrogen) atoms. The Bertz CT molecular complexity index is 210. The Morgan fingerprint density at radius 1 is 1.53 bits per heavy atom. The van der Waals surface area contributed by atoms with Gasteiger partial charge >= 0.3 is 6.18 Å². The van der Waals surface area contributed by atoms with Crippen molar-refractivity contribution in [3.63, 3.8) is 0 Å². The van der Waals surface area contributed by atoms with Crippen molar-refractivity contribution in [3.05, 3.63) is 0 Å². The molecule has 1 aliphatic rings. The first-order chi connectivity index (χ1) is 6.83. The third kappa shape index (κ3) is 3.96. The van der Waals surface area contributed by atoms with Crippen molar-refractivity contribution >= 4 is 0 Å². The fraction of sp³-hybridized carbons (Fsp3) is 1.00. The van der Waals surface area contributed by atoms with E-state index in [0.717, 1.165) is 0 Å². The van der Waals surface area contributed by atoms with Crippen LogP contribution in [0.4, 0.5) is 13.2 Å². The fourth-order valence-electron chi connectivity index (χ4n) is 1.54. The molecule has 1 saturated heterocycles. The Hall–Kier alpha value is -0.330. The summed E-state index contributed by atoms with van der Waals surface area (Å²) in [6.45, 7) is 2.15. The van der Waals surface area contributed by atoms with E-state index in [1.165, 1.54) is 0 Å². The van der Waals surface area contributed by atoms with Crippen molar-refractivity contribution < 1.29 is 23.0 Å². The second-order valence-corrected chi connectivity index (χ2v) is 3.91. The molecule has 1 aliphatic heterocycles. The summed E-state index contributed by atoms with van der Waals surface area (Å²) in [6, 6.07) is 0. The molecule has 0 aliphatic carbocycles. The van der Waals surface area contributed by atoms with Crippen molar-refractivity contribution in [1.82, 2.24) is 5.32 Å². The molecule has 6 heteroatoms. The molecule has 0 bridgehead atoms. The van der Waals surface area contributed by atoms with Gasteiger partial charge in [0.05, 0.1) is 12.5 Å². The number of nitrogens with one attached hydrogen (secondary N) is 1. The second kappa shape index (κ2) is 4.67. The zero-order valence-electron chi connectivity index (χ0n) is 8.60. The smallest absolute Gasteiger partial charge is 0.386 e. The summed E-state index contributed by atoms with van der Waals surface area (Å²) in [7, 11) is 0. The lowest BCUT2D eigenvalue weighted by molar-refractivity contribution is -0.134. The standard InChI is InChI=1S/C9H16F3NO2/c1-7-8(14,3-5-15-7)6-13-4-2-9(10,11)12/h7,13-14H,2-6H2,1H3. The van der Waals surface area contributed by atoms with Crippen molar-refractivity contribution in [2.75, 3.05) is 19.7 Å². The molecule has 1 heterocycles. The number of halogens is 3. The molecule has 90 valence electrons. The average molecular weight is 227 g/mol. The van der Waals surface area contributed by atoms with Crippen LogP contribution in [0, 0.1) is 0 Å². The monoisotopic (exact) mass is 227 g/mol. The minimum Gasteiger partial charge on any atom is -0.386 e. The summed E-state index contributed by atoms with van der Waals surface area (Å²) in [4.78, 5) is 0. The summed E-state index contributed by atoms with van der Waals surface area (Å²) in [5.74, 6) is 0. The maximum atomic E-state index is 11.8. The third-order valence-corrected chi connectivity index (χ3v) is 2.68. The van der Waals surface area contributed by atoms with Gasteiger partial charge < -0.3 is 15.2 Å². The average Bonchev–Trinajstić information content (AvgIpc) is 2.41. The van der Waals surface area contributed by atoms with E-state index in [9.17, 15) is 18.3 Å². The number of hydrogen-bond donors (Lipinski definition) is 2. The largest absolute Gasteiger partial charge is 0.390 e. The summed E-state index contributed by atoms with van der Waals surface area (Å²) in [5.41, 5.74) is -1.02. The molecule has 0 aromatic carbocycles. The van der Waals surface area contributed by atoms with E-state index in [1.807, 2.05) is 0 Å². The molecule has 0 amide bonds. The van der Waals surface area contributed by atoms with Crippen molar-refractivity contribution in [2.45, 2.75) is 37.6 Å². The van der Waals surface area contributed by atoms with E-state index in [-0.39, 0.29) is 19.2 Å². The van der Waals surface area contributed by atoms with Crippen LogP contribution in [0.15, 0.2) is 0 Å². The number of aliphatic hydroxyl groups is 1. The van der Waals surface area contributed by atoms with E-state index < -0.39 is 18.2 Å². The van der Waals surface area contributed by atoms with Gasteiger partial charge in [-0.05, 0) is 6.92 Å². The van der Waals surface area contributed by atoms with Gasteiger partial charge in [-0.1, -0.05) is 0 Å². The molecular formula is C9H16F3NO2. The Labute approximate surface area is 86.6 Å². The quantitative estimate of drug-likeness (QED) is 0.706. The Morgan fingerprint density at radius 2 is 2.20 bits per heavy atom. The minimum absolute atomic E-state index is 0.143. The normalized spacial score (nSPS) is 32.2. The predicted octanol–water partition coefficient (Wildman–Crippen LogP) is 1.07. The van der Waals surface area contributed by atoms with Gasteiger partial charge in [-0.3, -0.25) is 0 Å². The third-order valence-electron chi connectivity index (χ3n) is 2.68. The van der Waals surface area contributed by atoms with Gasteiger partial charge in [0, 0.05) is 26.1 Å². The molecule has 2 N–H and O–H groups in total. The van der Waals surface area contributed by atoms with E-state index in [4.69, 9.17) is 4.74 Å². The first-order valence-corrected chi connectivity index (χ1v) is 4.95. The molecule has 1 fully saturated rings. The molecule has 1 rings (SSSR count). The first-order valence-electron chi connectivity index (χ1n) is 4.95. The zero-order valence-corrected chi connectivity index (χ0v) is 8.60. The predicted molar refractivity (Wildman–Crippen MR) is 48.5 cm³/mol. The van der Waals surface area contributed by atoms with Crippen LogP contribution >= 0.6 is 0 Å². The molecule has 0 aromatic rings. The lowest BCUT2D eigenvalue weighted by Gasteiger charge is -2.26. The Kier molecular flexibility index (Phi) is 3.97. The van der Waals surface area contributed by atoms with Crippen LogP contribution in [0.1, 0.15) is 19.8 Å². The Morgan fingerprint density at radius 3 is 2.67 bits per heavy atom. The summed E-state index contributed by atoms with van der Waals surface area (Å²) in [5, 5.41) is 12.5. The number of rotatable bonds is 4. The van der Waals surface area contributed by atoms with Crippen LogP contribution < -0.4 is 5.32 Å². The second-order valence-electron chi connectivity index (χ2n) is 3.91. The van der Waals surface area contributed by atoms with E-state index in [0.29, 0.717) is 13.0 Å². The van der Waals surface area contributed by atoms with Crippen LogP contribution in [-0.4, -0.2) is 42.7 Å². The lowest BCUT2D eigenvalue weighted by Crippen LogP contribution is -2.46. The minimum atomic E-state index is -4.15. The van der Waals surface area contributed by atoms with Gasteiger partial charge in [0.1, 0.15) is 5.60 Å². The molecule has 0 radical (unpaired) electrons. The Balaban J connectivity index is 2.20. The molecule has 3 nitrogen and oxygen atoms in total. The van der Waals surface area contributed by atoms with E-state index in [2.05, 4.69) is 5.32 Å². The van der Waals surface area contributed by atoms with Crippen LogP contribution in [0.5, 0.6) is 0 Å². The SMILES string of the molecule is CC1OCCC1(O)CNCCC(F)(F)F. The highest BCUT2D eigenvalue weighted by molar-refractivity contribution is 4.91. The van der Waals surface area contributed by atoms with Gasteiger partial charge in [0.2, 0.25) is 0 Å². The highest BCUT2D eigenvalue weighted by Crippen LogP contribution is 2.25. The van der Waals surface area contributed by atoms with E-state index in [1.54, 1.807) is 6.92 Å². The summed E-state index contributed by atoms with van der Waals surface area (Å²) < 4.78 is 40.6. The maximum Gasteiger partial charge on any atom is 0.390 e. The number of hydrogen-bond acceptors (Lipinski definition) is 3. The van der Waals surface area contributed by atoms with Crippen LogP contribution in [-0.2, 0) is 4.74 Å². The van der Waals surface area contributed by atoms with Gasteiger partial charge in [-0.25, -0.2) is 0 Å². The highest BCUT2D eigenvalue weighted by Gasteiger charge is 2.39. The van der Waals surface area contributed by atoms with Crippen molar-refractivity contribution in [2.24, 2.45) is 0 Å². The molecule has 0 saturated carbocycles. The first kappa shape index (κ1) is 12.7. The summed E-state index contributed by atoms with van der Waals surface area (Å²) >= 11 is 0. The summed E-state index contributed by atoms with van der Waals surface area (Å²) in [6.07, 6.45) is -4.88. The maximum absolute atomic E-state index is 11.8. The lowest BCUT2D eigenvalue weighted by atomic mass is 9.97. The molecular weight excluding hydrogens is 211 g/mol. The molecule has 0 spiro atoms. The van der Waals surface area contributed by atoms with Crippen LogP contribution in [0.25, 0.3) is 0 Å². The van der Waals surface area contributed by atoms with Gasteiger partial charge in [0.25, 0.3) is 0 Å². The van der Waals surface area contributed by atoms with Gasteiger partial charge in [-0.2, -0.15) is 13.2 Å². The number of ether oxygens (including phenoxy) is 1. The van der Waals surface area contributed by atoms with Crippen molar-refractivity contribution in [3.8, 4) is 0 Å². The molecule has 2 unspecified atom stereocenters. The zero-order chi connectivity index (χ0) is 11.5. The number of alkyl halides is 3. The fourth-order valence-corrected chi connectivity index (χ4v) is 1.54. The highest BCUT2D eigenvalue weighted by atomic mass is 19.4. The van der Waals surface area contributed by atoms with Crippen LogP contribution in [0.2, 0.25) is 0 Å². The van der Waals surface area contributed by atoms with E-state index >= 15 is 0 Å². The topological polar surface area (TPSA) is 41.5 Å². The van der Waals surface area contributed by atoms with Gasteiger partial charge in [-0.15, -0.1) is 0 Å². The van der Waals surface area contributed by atoms with Crippen molar-refractivity contribution in [1.29, 1.82) is 0 Å². The molecule has 2 atom stereocenters. The van der Waals surface area contributed by atoms with Gasteiger partial charge in [0.15, 0.2) is 0 Å². The van der Waals surface area contributed by atoms with Crippen LogP contribution in [0.3, 0.4) is 0 Å². The molecule has 0 aromatic heterocycles.